The highest BCUT2D eigenvalue weighted by Gasteiger charge is 2.20. The molecule has 1 aliphatic carbocycles. The second-order valence-electron chi connectivity index (χ2n) is 5.51. The molecule has 3 heteroatoms. The minimum absolute atomic E-state index is 0.109. The number of ether oxygens (including phenoxy) is 1. The molecule has 1 N–H and O–H groups in total. The predicted molar refractivity (Wildman–Crippen MR) is 75.8 cm³/mol. The second kappa shape index (κ2) is 7.16. The molecule has 102 valence electrons. The molecule has 2 rings (SSSR count). The molecule has 0 radical (unpaired) electrons. The van der Waals surface area contributed by atoms with Crippen LogP contribution in [0.15, 0.2) is 24.3 Å². The SMILES string of the molecule is CC1CCC(CNCc2ccc(OCC#N)cc2)C1. The quantitative estimate of drug-likeness (QED) is 0.852. The molecule has 0 aromatic heterocycles. The van der Waals surface area contributed by atoms with E-state index in [-0.39, 0.29) is 6.61 Å². The maximum atomic E-state index is 8.44. The van der Waals surface area contributed by atoms with Crippen LogP contribution >= 0.6 is 0 Å². The molecule has 0 spiro atoms. The van der Waals surface area contributed by atoms with E-state index in [0.29, 0.717) is 0 Å². The van der Waals surface area contributed by atoms with Crippen molar-refractivity contribution in [2.24, 2.45) is 11.8 Å². The molecular weight excluding hydrogens is 236 g/mol. The predicted octanol–water partition coefficient (Wildman–Crippen LogP) is 3.11. The summed E-state index contributed by atoms with van der Waals surface area (Å²) in [5.74, 6) is 2.52. The summed E-state index contributed by atoms with van der Waals surface area (Å²) in [6, 6.07) is 9.92. The van der Waals surface area contributed by atoms with Gasteiger partial charge in [-0.2, -0.15) is 5.26 Å². The monoisotopic (exact) mass is 258 g/mol. The minimum atomic E-state index is 0.109. The fraction of sp³-hybridized carbons (Fsp3) is 0.562. The highest BCUT2D eigenvalue weighted by molar-refractivity contribution is 5.27. The van der Waals surface area contributed by atoms with Crippen molar-refractivity contribution < 1.29 is 4.74 Å². The van der Waals surface area contributed by atoms with E-state index < -0.39 is 0 Å². The Labute approximate surface area is 115 Å². The van der Waals surface area contributed by atoms with Crippen LogP contribution in [0.5, 0.6) is 5.75 Å². The highest BCUT2D eigenvalue weighted by atomic mass is 16.5. The van der Waals surface area contributed by atoms with Crippen molar-refractivity contribution in [1.82, 2.24) is 5.32 Å². The zero-order valence-corrected chi connectivity index (χ0v) is 11.6. The minimum Gasteiger partial charge on any atom is -0.479 e. The highest BCUT2D eigenvalue weighted by Crippen LogP contribution is 2.29. The van der Waals surface area contributed by atoms with E-state index in [2.05, 4.69) is 24.4 Å². The lowest BCUT2D eigenvalue weighted by atomic mass is 10.1. The summed E-state index contributed by atoms with van der Waals surface area (Å²) in [5.41, 5.74) is 1.26. The van der Waals surface area contributed by atoms with Gasteiger partial charge in [0.15, 0.2) is 6.61 Å². The molecule has 1 saturated carbocycles. The van der Waals surface area contributed by atoms with Gasteiger partial charge in [-0.05, 0) is 48.9 Å². The van der Waals surface area contributed by atoms with Crippen LogP contribution in [-0.2, 0) is 6.54 Å². The van der Waals surface area contributed by atoms with Crippen LogP contribution in [0.25, 0.3) is 0 Å². The summed E-state index contributed by atoms with van der Waals surface area (Å²) in [5, 5.41) is 12.0. The Morgan fingerprint density at radius 3 is 2.74 bits per heavy atom. The molecule has 1 aliphatic rings. The van der Waals surface area contributed by atoms with Crippen LogP contribution in [0.4, 0.5) is 0 Å². The summed E-state index contributed by atoms with van der Waals surface area (Å²) < 4.78 is 5.23. The van der Waals surface area contributed by atoms with E-state index in [1.807, 2.05) is 18.2 Å². The molecule has 1 aromatic rings. The molecule has 0 amide bonds. The fourth-order valence-corrected chi connectivity index (χ4v) is 2.75. The Morgan fingerprint density at radius 2 is 2.11 bits per heavy atom. The summed E-state index contributed by atoms with van der Waals surface area (Å²) in [6.45, 7) is 4.48. The van der Waals surface area contributed by atoms with Gasteiger partial charge in [0.05, 0.1) is 0 Å². The third kappa shape index (κ3) is 4.57. The average Bonchev–Trinajstić information content (AvgIpc) is 2.84. The van der Waals surface area contributed by atoms with E-state index in [0.717, 1.165) is 30.7 Å². The smallest absolute Gasteiger partial charge is 0.174 e. The third-order valence-corrected chi connectivity index (χ3v) is 3.79. The molecule has 3 nitrogen and oxygen atoms in total. The molecule has 2 unspecified atom stereocenters. The van der Waals surface area contributed by atoms with Crippen molar-refractivity contribution in [3.8, 4) is 11.8 Å². The van der Waals surface area contributed by atoms with Gasteiger partial charge in [0.1, 0.15) is 11.8 Å². The molecule has 0 saturated heterocycles. The fourth-order valence-electron chi connectivity index (χ4n) is 2.75. The second-order valence-corrected chi connectivity index (χ2v) is 5.51. The molecule has 0 bridgehead atoms. The normalized spacial score (nSPS) is 22.1. The lowest BCUT2D eigenvalue weighted by Crippen LogP contribution is -2.20. The number of nitriles is 1. The number of benzene rings is 1. The number of hydrogen-bond donors (Lipinski definition) is 1. The van der Waals surface area contributed by atoms with Crippen molar-refractivity contribution >= 4 is 0 Å². The average molecular weight is 258 g/mol. The molecule has 19 heavy (non-hydrogen) atoms. The summed E-state index contributed by atoms with van der Waals surface area (Å²) in [7, 11) is 0. The molecule has 1 aromatic carbocycles. The van der Waals surface area contributed by atoms with Gasteiger partial charge in [0, 0.05) is 6.54 Å². The number of nitrogens with one attached hydrogen (secondary N) is 1. The maximum Gasteiger partial charge on any atom is 0.174 e. The first-order valence-corrected chi connectivity index (χ1v) is 7.07. The third-order valence-electron chi connectivity index (χ3n) is 3.79. The van der Waals surface area contributed by atoms with Crippen molar-refractivity contribution in [2.75, 3.05) is 13.2 Å². The van der Waals surface area contributed by atoms with Gasteiger partial charge in [0.25, 0.3) is 0 Å². The van der Waals surface area contributed by atoms with Gasteiger partial charge < -0.3 is 10.1 Å². The van der Waals surface area contributed by atoms with Gasteiger partial charge in [-0.25, -0.2) is 0 Å². The molecule has 0 heterocycles. The lowest BCUT2D eigenvalue weighted by molar-refractivity contribution is 0.368. The molecular formula is C16H22N2O. The van der Waals surface area contributed by atoms with Crippen molar-refractivity contribution in [3.63, 3.8) is 0 Å². The topological polar surface area (TPSA) is 45.0 Å². The van der Waals surface area contributed by atoms with Gasteiger partial charge in [-0.15, -0.1) is 0 Å². The Kier molecular flexibility index (Phi) is 5.23. The number of rotatable bonds is 6. The number of hydrogen-bond acceptors (Lipinski definition) is 3. The van der Waals surface area contributed by atoms with E-state index in [1.165, 1.54) is 24.8 Å². The van der Waals surface area contributed by atoms with Crippen LogP contribution in [0, 0.1) is 23.2 Å². The summed E-state index contributed by atoms with van der Waals surface area (Å²) >= 11 is 0. The molecule has 2 atom stereocenters. The van der Waals surface area contributed by atoms with Gasteiger partial charge in [-0.1, -0.05) is 25.5 Å². The largest absolute Gasteiger partial charge is 0.479 e. The van der Waals surface area contributed by atoms with Gasteiger partial charge >= 0.3 is 0 Å². The van der Waals surface area contributed by atoms with E-state index >= 15 is 0 Å². The Morgan fingerprint density at radius 1 is 1.32 bits per heavy atom. The van der Waals surface area contributed by atoms with Crippen LogP contribution < -0.4 is 10.1 Å². The Balaban J connectivity index is 1.69. The molecule has 0 aliphatic heterocycles. The zero-order chi connectivity index (χ0) is 13.5. The number of nitrogens with zero attached hydrogens (tertiary/aromatic N) is 1. The van der Waals surface area contributed by atoms with Crippen molar-refractivity contribution in [3.05, 3.63) is 29.8 Å². The lowest BCUT2D eigenvalue weighted by Gasteiger charge is -2.11. The van der Waals surface area contributed by atoms with Crippen LogP contribution in [0.2, 0.25) is 0 Å². The van der Waals surface area contributed by atoms with E-state index in [4.69, 9.17) is 10.00 Å². The van der Waals surface area contributed by atoms with Crippen molar-refractivity contribution in [1.29, 1.82) is 5.26 Å². The van der Waals surface area contributed by atoms with Crippen LogP contribution in [0.1, 0.15) is 31.7 Å². The first-order valence-electron chi connectivity index (χ1n) is 7.07. The summed E-state index contributed by atoms with van der Waals surface area (Å²) in [6.07, 6.45) is 4.13. The zero-order valence-electron chi connectivity index (χ0n) is 11.6. The van der Waals surface area contributed by atoms with Crippen molar-refractivity contribution in [2.45, 2.75) is 32.7 Å². The van der Waals surface area contributed by atoms with Gasteiger partial charge in [-0.3, -0.25) is 0 Å². The summed E-state index contributed by atoms with van der Waals surface area (Å²) in [4.78, 5) is 0. The Hall–Kier alpha value is -1.53. The first kappa shape index (κ1) is 13.9. The Bertz CT molecular complexity index is 421. The van der Waals surface area contributed by atoms with Crippen LogP contribution in [0.3, 0.4) is 0 Å². The van der Waals surface area contributed by atoms with Gasteiger partial charge in [0.2, 0.25) is 0 Å². The van der Waals surface area contributed by atoms with E-state index in [9.17, 15) is 0 Å². The van der Waals surface area contributed by atoms with E-state index in [1.54, 1.807) is 0 Å². The van der Waals surface area contributed by atoms with Crippen LogP contribution in [-0.4, -0.2) is 13.2 Å². The maximum absolute atomic E-state index is 8.44. The standard InChI is InChI=1S/C16H22N2O/c1-13-2-3-15(10-13)12-18-11-14-4-6-16(7-5-14)19-9-8-17/h4-7,13,15,18H,2-3,9-12H2,1H3. The first-order chi connectivity index (χ1) is 9.28. The molecule has 1 fully saturated rings.